The van der Waals surface area contributed by atoms with Crippen LogP contribution in [0.3, 0.4) is 0 Å². The van der Waals surface area contributed by atoms with E-state index in [2.05, 4.69) is 15.3 Å². The standard InChI is InChI=1S/C15H24N4O3S.C2HF3O2/c1-2-8-23(20,21)19-7-4-13-12(10-19)11-22-14(13)9-18-15-16-5-3-6-17-15;3-2(4,5)1(6)7/h3,5-6,12-14H,2,4,7-11H2,1H3,(H,16,17,18);(H,6,7)/t12-,13-,14-;/m1./s1. The van der Waals surface area contributed by atoms with Crippen LogP contribution in [0.25, 0.3) is 0 Å². The zero-order valence-electron chi connectivity index (χ0n) is 16.4. The van der Waals surface area contributed by atoms with Crippen LogP contribution in [0.5, 0.6) is 0 Å². The monoisotopic (exact) mass is 454 g/mol. The van der Waals surface area contributed by atoms with E-state index in [1.54, 1.807) is 22.8 Å². The third kappa shape index (κ3) is 6.77. The van der Waals surface area contributed by atoms with Gasteiger partial charge in [-0.1, -0.05) is 6.92 Å². The molecule has 2 aliphatic heterocycles. The number of alkyl halides is 3. The molecular weight excluding hydrogens is 429 g/mol. The van der Waals surface area contributed by atoms with Crippen LogP contribution in [0.15, 0.2) is 18.5 Å². The molecule has 0 radical (unpaired) electrons. The summed E-state index contributed by atoms with van der Waals surface area (Å²) in [6.07, 6.45) is -0.0715. The minimum Gasteiger partial charge on any atom is -0.475 e. The van der Waals surface area contributed by atoms with Crippen LogP contribution in [0, 0.1) is 11.8 Å². The molecule has 0 spiro atoms. The lowest BCUT2D eigenvalue weighted by atomic mass is 9.85. The number of ether oxygens (including phenoxy) is 1. The van der Waals surface area contributed by atoms with Gasteiger partial charge in [-0.3, -0.25) is 0 Å². The minimum atomic E-state index is -5.08. The van der Waals surface area contributed by atoms with Crippen molar-refractivity contribution in [2.45, 2.75) is 32.0 Å². The number of hydrogen-bond acceptors (Lipinski definition) is 7. The molecule has 1 aromatic rings. The normalized spacial score (nSPS) is 24.5. The van der Waals surface area contributed by atoms with Gasteiger partial charge in [0.1, 0.15) is 0 Å². The summed E-state index contributed by atoms with van der Waals surface area (Å²) in [6.45, 7) is 4.38. The zero-order valence-corrected chi connectivity index (χ0v) is 17.2. The van der Waals surface area contributed by atoms with Gasteiger partial charge in [-0.25, -0.2) is 27.5 Å². The van der Waals surface area contributed by atoms with E-state index in [1.165, 1.54) is 0 Å². The van der Waals surface area contributed by atoms with Crippen LogP contribution in [-0.2, 0) is 19.6 Å². The van der Waals surface area contributed by atoms with Crippen LogP contribution in [0.2, 0.25) is 0 Å². The molecule has 0 aromatic carbocycles. The first kappa shape index (κ1) is 24.3. The van der Waals surface area contributed by atoms with E-state index in [-0.39, 0.29) is 11.9 Å². The molecule has 3 atom stereocenters. The molecule has 1 aromatic heterocycles. The molecule has 3 heterocycles. The molecular formula is C17H25F3N4O5S. The van der Waals surface area contributed by atoms with Gasteiger partial charge in [0.15, 0.2) is 0 Å². The number of hydrogen-bond donors (Lipinski definition) is 2. The number of sulfonamides is 1. The summed E-state index contributed by atoms with van der Waals surface area (Å²) in [5, 5.41) is 10.3. The van der Waals surface area contributed by atoms with E-state index in [4.69, 9.17) is 14.6 Å². The van der Waals surface area contributed by atoms with Gasteiger partial charge in [0.2, 0.25) is 16.0 Å². The average molecular weight is 454 g/mol. The highest BCUT2D eigenvalue weighted by atomic mass is 32.2. The first-order chi connectivity index (χ1) is 14.0. The van der Waals surface area contributed by atoms with Gasteiger partial charge in [0.05, 0.1) is 18.5 Å². The molecule has 3 rings (SSSR count). The predicted octanol–water partition coefficient (Wildman–Crippen LogP) is 1.60. The highest BCUT2D eigenvalue weighted by Gasteiger charge is 2.43. The molecule has 0 bridgehead atoms. The van der Waals surface area contributed by atoms with Crippen LogP contribution >= 0.6 is 0 Å². The van der Waals surface area contributed by atoms with E-state index in [0.717, 1.165) is 6.42 Å². The Morgan fingerprint density at radius 1 is 1.37 bits per heavy atom. The highest BCUT2D eigenvalue weighted by Crippen LogP contribution is 2.35. The fourth-order valence-electron chi connectivity index (χ4n) is 3.49. The molecule has 9 nitrogen and oxygen atoms in total. The maximum absolute atomic E-state index is 12.2. The third-order valence-corrected chi connectivity index (χ3v) is 6.93. The van der Waals surface area contributed by atoms with Crippen molar-refractivity contribution in [2.75, 3.05) is 37.3 Å². The predicted molar refractivity (Wildman–Crippen MR) is 101 cm³/mol. The van der Waals surface area contributed by atoms with Crippen molar-refractivity contribution < 1.29 is 36.2 Å². The van der Waals surface area contributed by atoms with Crippen molar-refractivity contribution in [3.8, 4) is 0 Å². The smallest absolute Gasteiger partial charge is 0.475 e. The van der Waals surface area contributed by atoms with Gasteiger partial charge < -0.3 is 15.2 Å². The maximum atomic E-state index is 12.2. The van der Waals surface area contributed by atoms with Crippen molar-refractivity contribution in [1.29, 1.82) is 0 Å². The number of halogens is 3. The Morgan fingerprint density at radius 3 is 2.57 bits per heavy atom. The average Bonchev–Trinajstić information content (AvgIpc) is 3.09. The van der Waals surface area contributed by atoms with E-state index < -0.39 is 22.2 Å². The second-order valence-electron chi connectivity index (χ2n) is 7.01. The Kier molecular flexibility index (Phi) is 8.38. The molecule has 13 heteroatoms. The summed E-state index contributed by atoms with van der Waals surface area (Å²) in [7, 11) is -3.10. The first-order valence-electron chi connectivity index (χ1n) is 9.45. The van der Waals surface area contributed by atoms with Gasteiger partial charge in [-0.05, 0) is 24.8 Å². The lowest BCUT2D eigenvalue weighted by molar-refractivity contribution is -0.192. The SMILES string of the molecule is CCCS(=O)(=O)N1CC[C@@H]2[C@@H](CO[C@@H]2CNc2ncccn2)C1.O=C(O)C(F)(F)F. The number of rotatable bonds is 6. The van der Waals surface area contributed by atoms with E-state index >= 15 is 0 Å². The van der Waals surface area contributed by atoms with Crippen LogP contribution < -0.4 is 5.32 Å². The van der Waals surface area contributed by atoms with Gasteiger partial charge in [0.25, 0.3) is 0 Å². The molecule has 2 fully saturated rings. The van der Waals surface area contributed by atoms with Crippen LogP contribution in [-0.4, -0.2) is 78.0 Å². The van der Waals surface area contributed by atoms with Gasteiger partial charge in [-0.2, -0.15) is 13.2 Å². The molecule has 2 N–H and O–H groups in total. The van der Waals surface area contributed by atoms with Gasteiger partial charge >= 0.3 is 12.1 Å². The number of nitrogens with one attached hydrogen (secondary N) is 1. The largest absolute Gasteiger partial charge is 0.490 e. The quantitative estimate of drug-likeness (QED) is 0.665. The molecule has 2 aliphatic rings. The second kappa shape index (κ2) is 10.4. The molecule has 0 unspecified atom stereocenters. The van der Waals surface area contributed by atoms with Crippen molar-refractivity contribution in [3.63, 3.8) is 0 Å². The number of aliphatic carboxylic acids is 1. The minimum absolute atomic E-state index is 0.0971. The van der Waals surface area contributed by atoms with Gasteiger partial charge in [-0.15, -0.1) is 0 Å². The molecule has 170 valence electrons. The number of aromatic nitrogens is 2. The third-order valence-electron chi connectivity index (χ3n) is 4.88. The van der Waals surface area contributed by atoms with E-state index in [0.29, 0.717) is 50.4 Å². The molecule has 0 saturated carbocycles. The molecule has 30 heavy (non-hydrogen) atoms. The van der Waals surface area contributed by atoms with Crippen LogP contribution in [0.4, 0.5) is 19.1 Å². The Balaban J connectivity index is 0.000000396. The Morgan fingerprint density at radius 2 is 2.00 bits per heavy atom. The first-order valence-corrected chi connectivity index (χ1v) is 11.1. The lowest BCUT2D eigenvalue weighted by Gasteiger charge is -2.34. The molecule has 0 amide bonds. The number of nitrogens with zero attached hydrogens (tertiary/aromatic N) is 3. The Bertz CT molecular complexity index is 794. The number of piperidine rings is 1. The number of fused-ring (bicyclic) bond motifs is 1. The number of carboxylic acid groups (broad SMARTS) is 1. The number of anilines is 1. The van der Waals surface area contributed by atoms with Crippen LogP contribution in [0.1, 0.15) is 19.8 Å². The van der Waals surface area contributed by atoms with Crippen molar-refractivity contribution >= 4 is 21.9 Å². The Labute approximate surface area is 172 Å². The van der Waals surface area contributed by atoms with Crippen molar-refractivity contribution in [3.05, 3.63) is 18.5 Å². The highest BCUT2D eigenvalue weighted by molar-refractivity contribution is 7.89. The Hall–Kier alpha value is -1.99. The zero-order chi connectivity index (χ0) is 22.4. The second-order valence-corrected chi connectivity index (χ2v) is 9.10. The molecule has 2 saturated heterocycles. The maximum Gasteiger partial charge on any atom is 0.490 e. The van der Waals surface area contributed by atoms with E-state index in [9.17, 15) is 21.6 Å². The van der Waals surface area contributed by atoms with Gasteiger partial charge in [0, 0.05) is 37.9 Å². The number of carboxylic acids is 1. The topological polar surface area (TPSA) is 122 Å². The van der Waals surface area contributed by atoms with Crippen molar-refractivity contribution in [1.82, 2.24) is 14.3 Å². The van der Waals surface area contributed by atoms with E-state index in [1.807, 2.05) is 6.92 Å². The summed E-state index contributed by atoms with van der Waals surface area (Å²) in [6, 6.07) is 1.78. The summed E-state index contributed by atoms with van der Waals surface area (Å²) >= 11 is 0. The summed E-state index contributed by atoms with van der Waals surface area (Å²) in [5.74, 6) is -1.23. The molecule has 0 aliphatic carbocycles. The summed E-state index contributed by atoms with van der Waals surface area (Å²) in [5.41, 5.74) is 0. The number of carbonyl (C=O) groups is 1. The van der Waals surface area contributed by atoms with Crippen molar-refractivity contribution in [2.24, 2.45) is 11.8 Å². The fourth-order valence-corrected chi connectivity index (χ4v) is 5.06. The summed E-state index contributed by atoms with van der Waals surface area (Å²) in [4.78, 5) is 17.2. The summed E-state index contributed by atoms with van der Waals surface area (Å²) < 4.78 is 63.7. The fraction of sp³-hybridized carbons (Fsp3) is 0.706. The lowest BCUT2D eigenvalue weighted by Crippen LogP contribution is -2.46.